The molecule has 0 aliphatic carbocycles. The number of furan rings is 1. The molecule has 1 heterocycles. The molecule has 28 heavy (non-hydrogen) atoms. The Morgan fingerprint density at radius 3 is 2.36 bits per heavy atom. The second-order valence-corrected chi connectivity index (χ2v) is 8.27. The first-order valence-corrected chi connectivity index (χ1v) is 10.3. The Balaban J connectivity index is 1.74. The van der Waals surface area contributed by atoms with Gasteiger partial charge >= 0.3 is 0 Å². The van der Waals surface area contributed by atoms with Crippen LogP contribution in [0.15, 0.2) is 70.2 Å². The molecule has 7 heteroatoms. The largest absolute Gasteiger partial charge is 0.467 e. The van der Waals surface area contributed by atoms with Crippen molar-refractivity contribution < 1.29 is 17.6 Å². The lowest BCUT2D eigenvalue weighted by Gasteiger charge is -2.13. The van der Waals surface area contributed by atoms with Gasteiger partial charge in [-0.3, -0.25) is 9.52 Å². The highest BCUT2D eigenvalue weighted by Crippen LogP contribution is 2.22. The van der Waals surface area contributed by atoms with Gasteiger partial charge in [0.2, 0.25) is 0 Å². The van der Waals surface area contributed by atoms with Crippen molar-refractivity contribution in [1.82, 2.24) is 5.32 Å². The summed E-state index contributed by atoms with van der Waals surface area (Å²) < 4.78 is 33.2. The summed E-state index contributed by atoms with van der Waals surface area (Å²) in [6.45, 7) is 5.59. The second kappa shape index (κ2) is 7.90. The minimum atomic E-state index is -3.75. The van der Waals surface area contributed by atoms with Crippen molar-refractivity contribution in [2.75, 3.05) is 4.72 Å². The van der Waals surface area contributed by atoms with Crippen molar-refractivity contribution in [2.45, 2.75) is 31.7 Å². The van der Waals surface area contributed by atoms with Gasteiger partial charge in [-0.25, -0.2) is 8.42 Å². The van der Waals surface area contributed by atoms with Crippen LogP contribution in [0.3, 0.4) is 0 Å². The SMILES string of the molecule is Cc1cccc(NS(=O)(=O)c2ccc(C(=O)N[C@@H](C)c3ccco3)cc2)c1C. The Hall–Kier alpha value is -3.06. The van der Waals surface area contributed by atoms with E-state index in [2.05, 4.69) is 10.0 Å². The van der Waals surface area contributed by atoms with Gasteiger partial charge in [0.1, 0.15) is 5.76 Å². The summed E-state index contributed by atoms with van der Waals surface area (Å²) in [5, 5.41) is 2.81. The van der Waals surface area contributed by atoms with Crippen LogP contribution in [-0.4, -0.2) is 14.3 Å². The molecule has 146 valence electrons. The maximum absolute atomic E-state index is 12.7. The van der Waals surface area contributed by atoms with Gasteiger partial charge in [-0.05, 0) is 74.4 Å². The van der Waals surface area contributed by atoms with Crippen molar-refractivity contribution in [1.29, 1.82) is 0 Å². The van der Waals surface area contributed by atoms with Gasteiger partial charge in [0, 0.05) is 5.56 Å². The molecule has 1 atom stereocenters. The normalized spacial score (nSPS) is 12.4. The van der Waals surface area contributed by atoms with E-state index in [0.29, 0.717) is 17.0 Å². The van der Waals surface area contributed by atoms with Gasteiger partial charge in [-0.1, -0.05) is 12.1 Å². The van der Waals surface area contributed by atoms with Crippen LogP contribution < -0.4 is 10.0 Å². The molecular weight excluding hydrogens is 376 g/mol. The maximum Gasteiger partial charge on any atom is 0.261 e. The summed E-state index contributed by atoms with van der Waals surface area (Å²) >= 11 is 0. The molecule has 2 aromatic carbocycles. The Morgan fingerprint density at radius 2 is 1.71 bits per heavy atom. The fourth-order valence-electron chi connectivity index (χ4n) is 2.74. The third-order valence-corrected chi connectivity index (χ3v) is 5.97. The predicted molar refractivity (Wildman–Crippen MR) is 108 cm³/mol. The zero-order chi connectivity index (χ0) is 20.3. The number of carbonyl (C=O) groups excluding carboxylic acids is 1. The average Bonchev–Trinajstić information content (AvgIpc) is 3.20. The Kier molecular flexibility index (Phi) is 5.56. The minimum Gasteiger partial charge on any atom is -0.467 e. The molecule has 0 saturated heterocycles. The van der Waals surface area contributed by atoms with Crippen molar-refractivity contribution in [3.63, 3.8) is 0 Å². The molecule has 0 unspecified atom stereocenters. The number of nitrogens with one attached hydrogen (secondary N) is 2. The number of benzene rings is 2. The fourth-order valence-corrected chi connectivity index (χ4v) is 3.86. The molecule has 0 radical (unpaired) electrons. The third-order valence-electron chi connectivity index (χ3n) is 4.59. The van der Waals surface area contributed by atoms with Crippen molar-refractivity contribution in [3.05, 3.63) is 83.3 Å². The Bertz CT molecular complexity index is 1070. The number of aryl methyl sites for hydroxylation is 1. The average molecular weight is 398 g/mol. The number of hydrogen-bond acceptors (Lipinski definition) is 4. The monoisotopic (exact) mass is 398 g/mol. The molecule has 0 bridgehead atoms. The predicted octanol–water partition coefficient (Wildman–Crippen LogP) is 4.19. The maximum atomic E-state index is 12.7. The molecule has 0 aliphatic rings. The molecule has 0 aliphatic heterocycles. The van der Waals surface area contributed by atoms with Gasteiger partial charge in [-0.15, -0.1) is 0 Å². The fraction of sp³-hybridized carbons (Fsp3) is 0.190. The Labute approximate surface area is 164 Å². The van der Waals surface area contributed by atoms with Crippen molar-refractivity contribution in [2.24, 2.45) is 0 Å². The summed E-state index contributed by atoms with van der Waals surface area (Å²) in [6, 6.07) is 14.5. The zero-order valence-electron chi connectivity index (χ0n) is 15.9. The van der Waals surface area contributed by atoms with E-state index in [-0.39, 0.29) is 16.8 Å². The van der Waals surface area contributed by atoms with E-state index >= 15 is 0 Å². The lowest BCUT2D eigenvalue weighted by Crippen LogP contribution is -2.26. The smallest absolute Gasteiger partial charge is 0.261 e. The third kappa shape index (κ3) is 4.26. The molecule has 0 fully saturated rings. The number of rotatable bonds is 6. The summed E-state index contributed by atoms with van der Waals surface area (Å²) in [5.41, 5.74) is 2.77. The molecule has 1 aromatic heterocycles. The van der Waals surface area contributed by atoms with Crippen LogP contribution in [0.4, 0.5) is 5.69 Å². The first-order chi connectivity index (χ1) is 13.3. The number of amides is 1. The quantitative estimate of drug-likeness (QED) is 0.652. The number of carbonyl (C=O) groups is 1. The molecule has 0 spiro atoms. The highest BCUT2D eigenvalue weighted by molar-refractivity contribution is 7.92. The molecule has 3 aromatic rings. The topological polar surface area (TPSA) is 88.4 Å². The van der Waals surface area contributed by atoms with Gasteiger partial charge in [0.15, 0.2) is 0 Å². The molecule has 0 saturated carbocycles. The standard InChI is InChI=1S/C21H22N2O4S/c1-14-6-4-7-19(15(14)2)23-28(25,26)18-11-9-17(10-12-18)21(24)22-16(3)20-8-5-13-27-20/h4-13,16,23H,1-3H3,(H,22,24)/t16-/m0/s1. The van der Waals surface area contributed by atoms with Crippen molar-refractivity contribution >= 4 is 21.6 Å². The lowest BCUT2D eigenvalue weighted by molar-refractivity contribution is 0.0935. The number of sulfonamides is 1. The molecule has 2 N–H and O–H groups in total. The summed E-state index contributed by atoms with van der Waals surface area (Å²) in [4.78, 5) is 12.5. The van der Waals surface area contributed by atoms with Gasteiger partial charge in [0.05, 0.1) is 22.9 Å². The molecule has 6 nitrogen and oxygen atoms in total. The number of anilines is 1. The van der Waals surface area contributed by atoms with Gasteiger partial charge in [-0.2, -0.15) is 0 Å². The van der Waals surface area contributed by atoms with E-state index in [0.717, 1.165) is 11.1 Å². The highest BCUT2D eigenvalue weighted by atomic mass is 32.2. The van der Waals surface area contributed by atoms with Crippen LogP contribution in [0.2, 0.25) is 0 Å². The van der Waals surface area contributed by atoms with Crippen LogP contribution in [0, 0.1) is 13.8 Å². The zero-order valence-corrected chi connectivity index (χ0v) is 16.7. The second-order valence-electron chi connectivity index (χ2n) is 6.59. The summed E-state index contributed by atoms with van der Waals surface area (Å²) in [6.07, 6.45) is 1.54. The molecule has 3 rings (SSSR count). The van der Waals surface area contributed by atoms with E-state index in [1.165, 1.54) is 24.3 Å². The minimum absolute atomic E-state index is 0.0871. The van der Waals surface area contributed by atoms with E-state index in [9.17, 15) is 13.2 Å². The van der Waals surface area contributed by atoms with Crippen LogP contribution in [0.5, 0.6) is 0 Å². The van der Waals surface area contributed by atoms with E-state index in [1.54, 1.807) is 30.5 Å². The first-order valence-electron chi connectivity index (χ1n) is 8.81. The van der Waals surface area contributed by atoms with Crippen LogP contribution in [0.25, 0.3) is 0 Å². The van der Waals surface area contributed by atoms with E-state index < -0.39 is 10.0 Å². The summed E-state index contributed by atoms with van der Waals surface area (Å²) in [7, 11) is -3.75. The van der Waals surface area contributed by atoms with Crippen LogP contribution in [0.1, 0.15) is 40.2 Å². The Morgan fingerprint density at radius 1 is 1.00 bits per heavy atom. The van der Waals surface area contributed by atoms with Crippen molar-refractivity contribution in [3.8, 4) is 0 Å². The van der Waals surface area contributed by atoms with Gasteiger partial charge in [0.25, 0.3) is 15.9 Å². The lowest BCUT2D eigenvalue weighted by atomic mass is 10.1. The highest BCUT2D eigenvalue weighted by Gasteiger charge is 2.18. The number of hydrogen-bond donors (Lipinski definition) is 2. The first kappa shape index (κ1) is 19.7. The van der Waals surface area contributed by atoms with Crippen LogP contribution in [-0.2, 0) is 10.0 Å². The van der Waals surface area contributed by atoms with Gasteiger partial charge < -0.3 is 9.73 Å². The summed E-state index contributed by atoms with van der Waals surface area (Å²) in [5.74, 6) is 0.334. The van der Waals surface area contributed by atoms with E-state index in [4.69, 9.17) is 4.42 Å². The van der Waals surface area contributed by atoms with Crippen LogP contribution >= 0.6 is 0 Å². The molecular formula is C21H22N2O4S. The van der Waals surface area contributed by atoms with E-state index in [1.807, 2.05) is 26.8 Å². The molecule has 1 amide bonds.